The van der Waals surface area contributed by atoms with Gasteiger partial charge in [0.05, 0.1) is 30.2 Å². The molecular formula is C11H15N3O4S. The summed E-state index contributed by atoms with van der Waals surface area (Å²) >= 11 is 0. The molecule has 1 aliphatic heterocycles. The second-order valence-electron chi connectivity index (χ2n) is 5.05. The van der Waals surface area contributed by atoms with Crippen LogP contribution in [0.1, 0.15) is 36.9 Å². The van der Waals surface area contributed by atoms with Crippen molar-refractivity contribution in [3.8, 4) is 0 Å². The minimum atomic E-state index is -3.48. The standard InChI is InChI=1S/C11H15N3O4S/c15-11(16)13-6-8-5-12-14(10(8)7-13)19(17,18)9-3-1-2-4-9/h5,9H,1-4,6-7H2,(H,15,16). The van der Waals surface area contributed by atoms with Gasteiger partial charge in [0.15, 0.2) is 0 Å². The second-order valence-corrected chi connectivity index (χ2v) is 7.09. The number of carboxylic acid groups (broad SMARTS) is 1. The summed E-state index contributed by atoms with van der Waals surface area (Å²) in [6, 6.07) is 0. The topological polar surface area (TPSA) is 92.5 Å². The average Bonchev–Trinajstić information content (AvgIpc) is 3.05. The lowest BCUT2D eigenvalue weighted by Crippen LogP contribution is -2.29. The van der Waals surface area contributed by atoms with Crippen molar-refractivity contribution in [1.82, 2.24) is 14.1 Å². The predicted octanol–water partition coefficient (Wildman–Crippen LogP) is 0.997. The van der Waals surface area contributed by atoms with E-state index in [0.717, 1.165) is 16.9 Å². The first-order valence-electron chi connectivity index (χ1n) is 6.28. The lowest BCUT2D eigenvalue weighted by atomic mass is 10.3. The lowest BCUT2D eigenvalue weighted by molar-refractivity contribution is 0.144. The first kappa shape index (κ1) is 12.5. The molecule has 1 fully saturated rings. The smallest absolute Gasteiger partial charge is 0.407 e. The van der Waals surface area contributed by atoms with Crippen LogP contribution in [0.4, 0.5) is 4.79 Å². The van der Waals surface area contributed by atoms with Gasteiger partial charge < -0.3 is 5.11 Å². The van der Waals surface area contributed by atoms with Gasteiger partial charge in [0, 0.05) is 5.56 Å². The Bertz CT molecular complexity index is 616. The molecule has 0 saturated heterocycles. The van der Waals surface area contributed by atoms with E-state index in [0.29, 0.717) is 24.1 Å². The maximum absolute atomic E-state index is 12.5. The fourth-order valence-electron chi connectivity index (χ4n) is 2.81. The zero-order chi connectivity index (χ0) is 13.6. The monoisotopic (exact) mass is 285 g/mol. The van der Waals surface area contributed by atoms with Gasteiger partial charge in [-0.2, -0.15) is 9.19 Å². The van der Waals surface area contributed by atoms with Gasteiger partial charge in [0.25, 0.3) is 10.0 Å². The van der Waals surface area contributed by atoms with Crippen molar-refractivity contribution in [1.29, 1.82) is 0 Å². The van der Waals surface area contributed by atoms with Crippen LogP contribution in [0.15, 0.2) is 6.20 Å². The molecule has 1 N–H and O–H groups in total. The molecule has 2 heterocycles. The van der Waals surface area contributed by atoms with E-state index in [1.54, 1.807) is 0 Å². The minimum absolute atomic E-state index is 0.0939. The van der Waals surface area contributed by atoms with Crippen LogP contribution in [0.3, 0.4) is 0 Å². The Balaban J connectivity index is 1.94. The number of rotatable bonds is 2. The molecule has 7 nitrogen and oxygen atoms in total. The molecule has 0 bridgehead atoms. The fraction of sp³-hybridized carbons (Fsp3) is 0.636. The highest BCUT2D eigenvalue weighted by atomic mass is 32.2. The molecule has 0 radical (unpaired) electrons. The van der Waals surface area contributed by atoms with Crippen molar-refractivity contribution >= 4 is 16.1 Å². The molecule has 0 spiro atoms. The summed E-state index contributed by atoms with van der Waals surface area (Å²) in [5, 5.41) is 12.5. The Morgan fingerprint density at radius 3 is 2.63 bits per heavy atom. The zero-order valence-electron chi connectivity index (χ0n) is 10.3. The second kappa shape index (κ2) is 4.22. The SMILES string of the molecule is O=C(O)N1Cc2cnn(S(=O)(=O)C3CCCC3)c2C1. The fourth-order valence-corrected chi connectivity index (χ4v) is 4.68. The summed E-state index contributed by atoms with van der Waals surface area (Å²) < 4.78 is 26.0. The molecule has 8 heteroatoms. The molecule has 0 aromatic carbocycles. The molecule has 3 rings (SSSR count). The molecule has 0 unspecified atom stereocenters. The summed E-state index contributed by atoms with van der Waals surface area (Å²) in [5.41, 5.74) is 1.18. The summed E-state index contributed by atoms with van der Waals surface area (Å²) in [5.74, 6) is 0. The Hall–Kier alpha value is -1.57. The van der Waals surface area contributed by atoms with E-state index in [9.17, 15) is 13.2 Å². The van der Waals surface area contributed by atoms with E-state index >= 15 is 0 Å². The third-order valence-corrected chi connectivity index (χ3v) is 5.97. The van der Waals surface area contributed by atoms with Crippen molar-refractivity contribution in [2.24, 2.45) is 0 Å². The molecule has 1 amide bonds. The number of nitrogens with zero attached hydrogens (tertiary/aromatic N) is 3. The first-order chi connectivity index (χ1) is 9.00. The zero-order valence-corrected chi connectivity index (χ0v) is 11.1. The van der Waals surface area contributed by atoms with Gasteiger partial charge in [0.2, 0.25) is 0 Å². The summed E-state index contributed by atoms with van der Waals surface area (Å²) in [7, 11) is -3.48. The van der Waals surface area contributed by atoms with Gasteiger partial charge in [-0.25, -0.2) is 13.2 Å². The van der Waals surface area contributed by atoms with Crippen molar-refractivity contribution in [2.45, 2.75) is 44.0 Å². The predicted molar refractivity (Wildman–Crippen MR) is 66.1 cm³/mol. The molecule has 19 heavy (non-hydrogen) atoms. The van der Waals surface area contributed by atoms with Crippen LogP contribution in [0.5, 0.6) is 0 Å². The molecule has 104 valence electrons. The van der Waals surface area contributed by atoms with Crippen molar-refractivity contribution in [3.63, 3.8) is 0 Å². The van der Waals surface area contributed by atoms with Crippen LogP contribution in [-0.2, 0) is 23.1 Å². The molecule has 1 aromatic rings. The van der Waals surface area contributed by atoms with Gasteiger partial charge in [-0.3, -0.25) is 4.90 Å². The Labute approximate surface area is 110 Å². The van der Waals surface area contributed by atoms with E-state index in [1.807, 2.05) is 0 Å². The molecular weight excluding hydrogens is 270 g/mol. The number of hydrogen-bond acceptors (Lipinski definition) is 4. The number of hydrogen-bond donors (Lipinski definition) is 1. The van der Waals surface area contributed by atoms with Crippen molar-refractivity contribution in [3.05, 3.63) is 17.5 Å². The normalized spacial score (nSPS) is 19.9. The largest absolute Gasteiger partial charge is 0.465 e. The van der Waals surface area contributed by atoms with Gasteiger partial charge in [-0.1, -0.05) is 12.8 Å². The Kier molecular flexibility index (Phi) is 2.77. The third kappa shape index (κ3) is 1.90. The van der Waals surface area contributed by atoms with Gasteiger partial charge in [-0.15, -0.1) is 0 Å². The molecule has 1 saturated carbocycles. The number of amides is 1. The lowest BCUT2D eigenvalue weighted by Gasteiger charge is -2.14. The number of carbonyl (C=O) groups is 1. The van der Waals surface area contributed by atoms with Crippen LogP contribution in [-0.4, -0.2) is 39.0 Å². The van der Waals surface area contributed by atoms with E-state index < -0.39 is 16.1 Å². The van der Waals surface area contributed by atoms with Crippen LogP contribution < -0.4 is 0 Å². The first-order valence-corrected chi connectivity index (χ1v) is 7.78. The maximum atomic E-state index is 12.5. The maximum Gasteiger partial charge on any atom is 0.407 e. The summed E-state index contributed by atoms with van der Waals surface area (Å²) in [6.45, 7) is 0.307. The van der Waals surface area contributed by atoms with E-state index in [2.05, 4.69) is 5.10 Å². The van der Waals surface area contributed by atoms with Gasteiger partial charge >= 0.3 is 6.09 Å². The molecule has 1 aliphatic carbocycles. The molecule has 0 atom stereocenters. The van der Waals surface area contributed by atoms with Crippen LogP contribution in [0.2, 0.25) is 0 Å². The van der Waals surface area contributed by atoms with E-state index in [4.69, 9.17) is 5.11 Å². The van der Waals surface area contributed by atoms with E-state index in [-0.39, 0.29) is 18.3 Å². The molecule has 2 aliphatic rings. The van der Waals surface area contributed by atoms with Crippen LogP contribution in [0.25, 0.3) is 0 Å². The Morgan fingerprint density at radius 2 is 2.00 bits per heavy atom. The quantitative estimate of drug-likeness (QED) is 0.875. The van der Waals surface area contributed by atoms with Gasteiger partial charge in [-0.05, 0) is 12.8 Å². The van der Waals surface area contributed by atoms with Crippen LogP contribution >= 0.6 is 0 Å². The van der Waals surface area contributed by atoms with Crippen molar-refractivity contribution in [2.75, 3.05) is 0 Å². The van der Waals surface area contributed by atoms with Gasteiger partial charge in [0.1, 0.15) is 0 Å². The van der Waals surface area contributed by atoms with Crippen molar-refractivity contribution < 1.29 is 18.3 Å². The minimum Gasteiger partial charge on any atom is -0.465 e. The average molecular weight is 285 g/mol. The highest BCUT2D eigenvalue weighted by Crippen LogP contribution is 2.29. The number of aromatic nitrogens is 2. The third-order valence-electron chi connectivity index (χ3n) is 3.86. The Morgan fingerprint density at radius 1 is 1.32 bits per heavy atom. The van der Waals surface area contributed by atoms with Crippen LogP contribution in [0, 0.1) is 0 Å². The summed E-state index contributed by atoms with van der Waals surface area (Å²) in [6.07, 6.45) is 3.61. The van der Waals surface area contributed by atoms with E-state index in [1.165, 1.54) is 11.1 Å². The highest BCUT2D eigenvalue weighted by Gasteiger charge is 2.36. The molecule has 1 aromatic heterocycles. The highest BCUT2D eigenvalue weighted by molar-refractivity contribution is 7.90. The summed E-state index contributed by atoms with van der Waals surface area (Å²) in [4.78, 5) is 12.1. The number of fused-ring (bicyclic) bond motifs is 1.